The van der Waals surface area contributed by atoms with Crippen LogP contribution in [-0.2, 0) is 10.7 Å². The van der Waals surface area contributed by atoms with Gasteiger partial charge < -0.3 is 0 Å². The van der Waals surface area contributed by atoms with E-state index in [0.717, 1.165) is 10.7 Å². The van der Waals surface area contributed by atoms with Crippen molar-refractivity contribution in [3.8, 4) is 11.1 Å². The van der Waals surface area contributed by atoms with E-state index in [1.807, 2.05) is 0 Å². The molecule has 2 heteroatoms. The fourth-order valence-corrected chi connectivity index (χ4v) is 3.20. The van der Waals surface area contributed by atoms with Gasteiger partial charge in [0.1, 0.15) is 0 Å². The zero-order valence-electron chi connectivity index (χ0n) is 10.9. The second kappa shape index (κ2) is 6.11. The first-order valence-corrected chi connectivity index (χ1v) is 8.79. The van der Waals surface area contributed by atoms with Crippen LogP contribution >= 0.6 is 31.9 Å². The minimum Gasteiger partial charge on any atom is -0.0876 e. The van der Waals surface area contributed by atoms with E-state index in [0.29, 0.717) is 0 Å². The van der Waals surface area contributed by atoms with Gasteiger partial charge in [-0.1, -0.05) is 92.5 Å². The summed E-state index contributed by atoms with van der Waals surface area (Å²) in [4.78, 5) is 0. The summed E-state index contributed by atoms with van der Waals surface area (Å²) >= 11 is 7.12. The number of fused-ring (bicyclic) bond motifs is 1. The predicted octanol–water partition coefficient (Wildman–Crippen LogP) is 6.30. The van der Waals surface area contributed by atoms with E-state index in [-0.39, 0.29) is 0 Å². The molecule has 0 atom stereocenters. The Morgan fingerprint density at radius 1 is 0.700 bits per heavy atom. The van der Waals surface area contributed by atoms with E-state index in [4.69, 9.17) is 0 Å². The Labute approximate surface area is 136 Å². The highest BCUT2D eigenvalue weighted by Crippen LogP contribution is 2.30. The highest BCUT2D eigenvalue weighted by Gasteiger charge is 2.06. The zero-order valence-corrected chi connectivity index (χ0v) is 14.1. The highest BCUT2D eigenvalue weighted by atomic mass is 79.9. The van der Waals surface area contributed by atoms with Crippen molar-refractivity contribution >= 4 is 42.6 Å². The van der Waals surface area contributed by atoms with Crippen LogP contribution in [0, 0.1) is 0 Å². The average Bonchev–Trinajstić information content (AvgIpc) is 2.53. The highest BCUT2D eigenvalue weighted by molar-refractivity contribution is 9.08. The smallest absolute Gasteiger partial charge is 0.0283 e. The fourth-order valence-electron chi connectivity index (χ4n) is 2.55. The largest absolute Gasteiger partial charge is 0.0876 e. The molecular weight excluding hydrogens is 376 g/mol. The SMILES string of the molecule is BrCc1cc(CBr)cc(-c2cccc3ccccc23)c1. The number of halogens is 2. The van der Waals surface area contributed by atoms with E-state index in [1.54, 1.807) is 0 Å². The van der Waals surface area contributed by atoms with Gasteiger partial charge >= 0.3 is 0 Å². The maximum Gasteiger partial charge on any atom is 0.0283 e. The molecule has 0 aliphatic heterocycles. The molecule has 3 rings (SSSR count). The van der Waals surface area contributed by atoms with Crippen molar-refractivity contribution in [2.75, 3.05) is 0 Å². The topological polar surface area (TPSA) is 0 Å². The summed E-state index contributed by atoms with van der Waals surface area (Å²) in [6.45, 7) is 0. The van der Waals surface area contributed by atoms with E-state index in [1.165, 1.54) is 33.0 Å². The molecule has 3 aromatic carbocycles. The molecule has 0 saturated carbocycles. The first-order chi connectivity index (χ1) is 9.81. The van der Waals surface area contributed by atoms with E-state index < -0.39 is 0 Å². The summed E-state index contributed by atoms with van der Waals surface area (Å²) in [5, 5.41) is 4.36. The second-order valence-electron chi connectivity index (χ2n) is 4.83. The third kappa shape index (κ3) is 2.68. The Kier molecular flexibility index (Phi) is 4.23. The monoisotopic (exact) mass is 388 g/mol. The molecular formula is C18H14Br2. The van der Waals surface area contributed by atoms with Gasteiger partial charge in [-0.25, -0.2) is 0 Å². The standard InChI is InChI=1S/C18H14Br2/c19-11-13-8-14(12-20)10-16(9-13)18-7-3-5-15-4-1-2-6-17(15)18/h1-10H,11-12H2. The van der Waals surface area contributed by atoms with Crippen LogP contribution in [-0.4, -0.2) is 0 Å². The molecule has 0 nitrogen and oxygen atoms in total. The number of rotatable bonds is 3. The van der Waals surface area contributed by atoms with Gasteiger partial charge in [-0.05, 0) is 33.0 Å². The Hall–Kier alpha value is -1.12. The Morgan fingerprint density at radius 3 is 2.05 bits per heavy atom. The van der Waals surface area contributed by atoms with E-state index in [2.05, 4.69) is 92.5 Å². The average molecular weight is 390 g/mol. The van der Waals surface area contributed by atoms with Gasteiger partial charge in [-0.2, -0.15) is 0 Å². The number of hydrogen-bond donors (Lipinski definition) is 0. The van der Waals surface area contributed by atoms with Crippen LogP contribution in [0.1, 0.15) is 11.1 Å². The van der Waals surface area contributed by atoms with Crippen LogP contribution in [0.2, 0.25) is 0 Å². The maximum atomic E-state index is 3.56. The fraction of sp³-hybridized carbons (Fsp3) is 0.111. The summed E-state index contributed by atoms with van der Waals surface area (Å²) in [7, 11) is 0. The maximum absolute atomic E-state index is 3.56. The lowest BCUT2D eigenvalue weighted by molar-refractivity contribution is 1.35. The van der Waals surface area contributed by atoms with Crippen molar-refractivity contribution in [1.29, 1.82) is 0 Å². The van der Waals surface area contributed by atoms with Gasteiger partial charge in [0.15, 0.2) is 0 Å². The molecule has 0 spiro atoms. The van der Waals surface area contributed by atoms with Crippen LogP contribution < -0.4 is 0 Å². The Morgan fingerprint density at radius 2 is 1.35 bits per heavy atom. The van der Waals surface area contributed by atoms with E-state index >= 15 is 0 Å². The Bertz CT molecular complexity index is 720. The van der Waals surface area contributed by atoms with Crippen molar-refractivity contribution in [2.45, 2.75) is 10.7 Å². The molecule has 20 heavy (non-hydrogen) atoms. The molecule has 0 heterocycles. The van der Waals surface area contributed by atoms with Crippen molar-refractivity contribution in [1.82, 2.24) is 0 Å². The molecule has 100 valence electrons. The lowest BCUT2D eigenvalue weighted by Crippen LogP contribution is -1.88. The molecule has 0 amide bonds. The first-order valence-electron chi connectivity index (χ1n) is 6.55. The summed E-state index contributed by atoms with van der Waals surface area (Å²) in [6, 6.07) is 21.8. The molecule has 0 saturated heterocycles. The van der Waals surface area contributed by atoms with Gasteiger partial charge in [0, 0.05) is 10.7 Å². The van der Waals surface area contributed by atoms with E-state index in [9.17, 15) is 0 Å². The van der Waals surface area contributed by atoms with Gasteiger partial charge in [0.05, 0.1) is 0 Å². The number of benzene rings is 3. The molecule has 0 fully saturated rings. The Balaban J connectivity index is 2.25. The van der Waals surface area contributed by atoms with Crippen molar-refractivity contribution in [3.05, 3.63) is 71.8 Å². The van der Waals surface area contributed by atoms with Crippen LogP contribution in [0.5, 0.6) is 0 Å². The zero-order chi connectivity index (χ0) is 13.9. The van der Waals surface area contributed by atoms with Crippen LogP contribution in [0.25, 0.3) is 21.9 Å². The summed E-state index contributed by atoms with van der Waals surface area (Å²) < 4.78 is 0. The third-order valence-corrected chi connectivity index (χ3v) is 4.76. The summed E-state index contributed by atoms with van der Waals surface area (Å²) in [5.41, 5.74) is 5.20. The van der Waals surface area contributed by atoms with Gasteiger partial charge in [-0.15, -0.1) is 0 Å². The van der Waals surface area contributed by atoms with Crippen molar-refractivity contribution in [2.24, 2.45) is 0 Å². The van der Waals surface area contributed by atoms with Gasteiger partial charge in [-0.3, -0.25) is 0 Å². The number of alkyl halides is 2. The molecule has 0 bridgehead atoms. The molecule has 0 radical (unpaired) electrons. The van der Waals surface area contributed by atoms with Crippen LogP contribution in [0.4, 0.5) is 0 Å². The molecule has 0 unspecified atom stereocenters. The van der Waals surface area contributed by atoms with Crippen molar-refractivity contribution in [3.63, 3.8) is 0 Å². The van der Waals surface area contributed by atoms with Gasteiger partial charge in [0.2, 0.25) is 0 Å². The lowest BCUT2D eigenvalue weighted by Gasteiger charge is -2.10. The molecule has 3 aromatic rings. The van der Waals surface area contributed by atoms with Crippen molar-refractivity contribution < 1.29 is 0 Å². The lowest BCUT2D eigenvalue weighted by atomic mass is 9.96. The molecule has 0 N–H and O–H groups in total. The molecule has 0 aromatic heterocycles. The first kappa shape index (κ1) is 13.8. The molecule has 0 aliphatic carbocycles. The third-order valence-electron chi connectivity index (χ3n) is 3.46. The predicted molar refractivity (Wildman–Crippen MR) is 94.6 cm³/mol. The minimum atomic E-state index is 0.881. The van der Waals surface area contributed by atoms with Gasteiger partial charge in [0.25, 0.3) is 0 Å². The quantitative estimate of drug-likeness (QED) is 0.461. The summed E-state index contributed by atoms with van der Waals surface area (Å²) in [5.74, 6) is 0. The molecule has 0 aliphatic rings. The van der Waals surface area contributed by atoms with Crippen LogP contribution in [0.3, 0.4) is 0 Å². The normalized spacial score (nSPS) is 10.9. The number of hydrogen-bond acceptors (Lipinski definition) is 0. The summed E-state index contributed by atoms with van der Waals surface area (Å²) in [6.07, 6.45) is 0. The second-order valence-corrected chi connectivity index (χ2v) is 5.95. The van der Waals surface area contributed by atoms with Crippen LogP contribution in [0.15, 0.2) is 60.7 Å². The minimum absolute atomic E-state index is 0.881.